The van der Waals surface area contributed by atoms with E-state index in [0.29, 0.717) is 5.69 Å². The Morgan fingerprint density at radius 3 is 2.53 bits per heavy atom. The standard InChI is InChI=1S/C9H5F2NO2S2.ClH/c10-9(11)13-6-2-1-5(3-7(6)14-9)12-8-15-4-16-8;/h1-3H,4H2;1H. The second kappa shape index (κ2) is 4.55. The number of rotatable bonds is 1. The maximum absolute atomic E-state index is 12.7. The van der Waals surface area contributed by atoms with E-state index in [-0.39, 0.29) is 23.9 Å². The van der Waals surface area contributed by atoms with Crippen LogP contribution in [-0.2, 0) is 0 Å². The van der Waals surface area contributed by atoms with Gasteiger partial charge in [-0.15, -0.1) is 21.2 Å². The molecule has 3 nitrogen and oxygen atoms in total. The molecule has 0 aliphatic carbocycles. The zero-order valence-corrected chi connectivity index (χ0v) is 10.6. The van der Waals surface area contributed by atoms with E-state index < -0.39 is 6.29 Å². The van der Waals surface area contributed by atoms with Crippen LogP contribution in [0.25, 0.3) is 0 Å². The first kappa shape index (κ1) is 12.8. The van der Waals surface area contributed by atoms with Crippen molar-refractivity contribution >= 4 is 46.0 Å². The van der Waals surface area contributed by atoms with Gasteiger partial charge in [-0.2, -0.15) is 0 Å². The molecule has 0 N–H and O–H groups in total. The number of halogens is 3. The molecule has 0 atom stereocenters. The van der Waals surface area contributed by atoms with Crippen LogP contribution in [0.1, 0.15) is 0 Å². The summed E-state index contributed by atoms with van der Waals surface area (Å²) in [5.74, 6) is 0.0732. The van der Waals surface area contributed by atoms with Gasteiger partial charge in [0.05, 0.1) is 10.8 Å². The molecular weight excluding hydrogens is 292 g/mol. The van der Waals surface area contributed by atoms with E-state index in [0.717, 1.165) is 9.46 Å². The SMILES string of the molecule is Cl.FC1(F)Oc2ccc(N=C3SCS3)cc2O1. The lowest BCUT2D eigenvalue weighted by Gasteiger charge is -2.12. The molecule has 0 bridgehead atoms. The van der Waals surface area contributed by atoms with Crippen molar-refractivity contribution in [3.63, 3.8) is 0 Å². The lowest BCUT2D eigenvalue weighted by atomic mass is 10.3. The van der Waals surface area contributed by atoms with E-state index in [1.54, 1.807) is 29.6 Å². The Morgan fingerprint density at radius 1 is 1.18 bits per heavy atom. The third kappa shape index (κ3) is 2.61. The van der Waals surface area contributed by atoms with Crippen LogP contribution < -0.4 is 9.47 Å². The molecule has 1 saturated heterocycles. The van der Waals surface area contributed by atoms with E-state index >= 15 is 0 Å². The Kier molecular flexibility index (Phi) is 3.42. The van der Waals surface area contributed by atoms with Crippen LogP contribution >= 0.6 is 35.9 Å². The van der Waals surface area contributed by atoms with Crippen molar-refractivity contribution in [2.75, 3.05) is 5.08 Å². The van der Waals surface area contributed by atoms with E-state index in [1.165, 1.54) is 12.1 Å². The van der Waals surface area contributed by atoms with Gasteiger partial charge < -0.3 is 9.47 Å². The Hall–Kier alpha value is -0.660. The lowest BCUT2D eigenvalue weighted by molar-refractivity contribution is -0.286. The summed E-state index contributed by atoms with van der Waals surface area (Å²) in [6.07, 6.45) is -3.56. The normalized spacial score (nSPS) is 19.3. The average Bonchev–Trinajstić information content (AvgIpc) is 2.44. The predicted molar refractivity (Wildman–Crippen MR) is 67.0 cm³/mol. The van der Waals surface area contributed by atoms with Crippen LogP contribution in [-0.4, -0.2) is 15.8 Å². The highest BCUT2D eigenvalue weighted by Gasteiger charge is 2.43. The molecule has 2 aliphatic heterocycles. The summed E-state index contributed by atoms with van der Waals surface area (Å²) in [5, 5.41) is 0.988. The van der Waals surface area contributed by atoms with E-state index in [1.807, 2.05) is 0 Å². The molecular formula is C9H6ClF2NO2S2. The third-order valence-electron chi connectivity index (χ3n) is 1.97. The fourth-order valence-corrected chi connectivity index (χ4v) is 2.52. The van der Waals surface area contributed by atoms with Gasteiger partial charge in [0, 0.05) is 6.07 Å². The van der Waals surface area contributed by atoms with Gasteiger partial charge in [-0.05, 0) is 12.1 Å². The monoisotopic (exact) mass is 297 g/mol. The largest absolute Gasteiger partial charge is 0.586 e. The number of hydrogen-bond acceptors (Lipinski definition) is 5. The number of fused-ring (bicyclic) bond motifs is 1. The second-order valence-corrected chi connectivity index (χ2v) is 5.63. The molecule has 0 radical (unpaired) electrons. The highest BCUT2D eigenvalue weighted by Crippen LogP contribution is 2.43. The van der Waals surface area contributed by atoms with Crippen molar-refractivity contribution in [3.8, 4) is 11.5 Å². The van der Waals surface area contributed by atoms with Crippen LogP contribution in [0.4, 0.5) is 14.5 Å². The number of ether oxygens (including phenoxy) is 2. The van der Waals surface area contributed by atoms with Crippen LogP contribution in [0.3, 0.4) is 0 Å². The summed E-state index contributed by atoms with van der Waals surface area (Å²) in [6, 6.07) is 4.50. The van der Waals surface area contributed by atoms with Crippen molar-refractivity contribution in [2.24, 2.45) is 4.99 Å². The van der Waals surface area contributed by atoms with Crippen LogP contribution in [0.2, 0.25) is 0 Å². The molecule has 1 fully saturated rings. The maximum atomic E-state index is 12.7. The van der Waals surface area contributed by atoms with Crippen LogP contribution in [0, 0.1) is 0 Å². The maximum Gasteiger partial charge on any atom is 0.586 e. The first-order valence-electron chi connectivity index (χ1n) is 4.37. The number of aliphatic imine (C=N–C) groups is 1. The zero-order valence-electron chi connectivity index (χ0n) is 8.18. The highest BCUT2D eigenvalue weighted by molar-refractivity contribution is 8.52. The minimum atomic E-state index is -3.56. The Morgan fingerprint density at radius 2 is 1.88 bits per heavy atom. The molecule has 1 aromatic rings. The highest BCUT2D eigenvalue weighted by atomic mass is 35.5. The Balaban J connectivity index is 0.00000108. The molecule has 3 rings (SSSR count). The van der Waals surface area contributed by atoms with Gasteiger partial charge in [0.2, 0.25) is 0 Å². The molecule has 8 heteroatoms. The number of alkyl halides is 2. The summed E-state index contributed by atoms with van der Waals surface area (Å²) in [7, 11) is 0. The van der Waals surface area contributed by atoms with Crippen molar-refractivity contribution in [1.82, 2.24) is 0 Å². The quantitative estimate of drug-likeness (QED) is 0.787. The Labute approximate surface area is 110 Å². The van der Waals surface area contributed by atoms with Gasteiger partial charge in [-0.1, -0.05) is 23.5 Å². The molecule has 92 valence electrons. The van der Waals surface area contributed by atoms with Crippen molar-refractivity contribution in [2.45, 2.75) is 6.29 Å². The molecule has 0 aromatic heterocycles. The number of thioether (sulfide) groups is 2. The molecule has 0 amide bonds. The average molecular weight is 298 g/mol. The van der Waals surface area contributed by atoms with Gasteiger partial charge >= 0.3 is 6.29 Å². The van der Waals surface area contributed by atoms with Crippen molar-refractivity contribution in [3.05, 3.63) is 18.2 Å². The van der Waals surface area contributed by atoms with Crippen molar-refractivity contribution < 1.29 is 18.3 Å². The molecule has 1 aromatic carbocycles. The second-order valence-electron chi connectivity index (χ2n) is 3.08. The van der Waals surface area contributed by atoms with Gasteiger partial charge in [-0.3, -0.25) is 0 Å². The number of nitrogens with zero attached hydrogens (tertiary/aromatic N) is 1. The van der Waals surface area contributed by atoms with Crippen LogP contribution in [0.5, 0.6) is 11.5 Å². The minimum Gasteiger partial charge on any atom is -0.395 e. The van der Waals surface area contributed by atoms with Crippen molar-refractivity contribution in [1.29, 1.82) is 0 Å². The van der Waals surface area contributed by atoms with Crippen LogP contribution in [0.15, 0.2) is 23.2 Å². The topological polar surface area (TPSA) is 30.8 Å². The number of hydrogen-bond donors (Lipinski definition) is 0. The summed E-state index contributed by atoms with van der Waals surface area (Å²) in [4.78, 5) is 4.25. The lowest BCUT2D eigenvalue weighted by Crippen LogP contribution is -2.25. The molecule has 0 saturated carbocycles. The van der Waals surface area contributed by atoms with Gasteiger partial charge in [0.15, 0.2) is 11.5 Å². The zero-order chi connectivity index (χ0) is 11.2. The van der Waals surface area contributed by atoms with E-state index in [2.05, 4.69) is 14.5 Å². The first-order chi connectivity index (χ1) is 7.62. The third-order valence-corrected chi connectivity index (χ3v) is 4.30. The molecule has 2 aliphatic rings. The first-order valence-corrected chi connectivity index (χ1v) is 6.34. The summed E-state index contributed by atoms with van der Waals surface area (Å²) < 4.78 is 35.0. The van der Waals surface area contributed by atoms with Gasteiger partial charge in [-0.25, -0.2) is 4.99 Å². The number of benzene rings is 1. The molecule has 17 heavy (non-hydrogen) atoms. The fraction of sp³-hybridized carbons (Fsp3) is 0.222. The molecule has 0 unspecified atom stereocenters. The minimum absolute atomic E-state index is 0. The van der Waals surface area contributed by atoms with Gasteiger partial charge in [0.25, 0.3) is 0 Å². The van der Waals surface area contributed by atoms with E-state index in [4.69, 9.17) is 0 Å². The fourth-order valence-electron chi connectivity index (χ4n) is 1.29. The van der Waals surface area contributed by atoms with Gasteiger partial charge in [0.1, 0.15) is 4.38 Å². The molecule has 0 spiro atoms. The summed E-state index contributed by atoms with van der Waals surface area (Å²) in [5.41, 5.74) is 0.592. The Bertz CT molecular complexity index is 478. The smallest absolute Gasteiger partial charge is 0.395 e. The predicted octanol–water partition coefficient (Wildman–Crippen LogP) is 3.85. The van der Waals surface area contributed by atoms with E-state index in [9.17, 15) is 8.78 Å². The molecule has 2 heterocycles. The summed E-state index contributed by atoms with van der Waals surface area (Å²) >= 11 is 3.25. The summed E-state index contributed by atoms with van der Waals surface area (Å²) in [6.45, 7) is 0.